The first-order valence-electron chi connectivity index (χ1n) is 6.59. The van der Waals surface area contributed by atoms with Gasteiger partial charge in [0.2, 0.25) is 0 Å². The summed E-state index contributed by atoms with van der Waals surface area (Å²) in [6.45, 7) is 1.90. The average Bonchev–Trinajstić information content (AvgIpc) is 2.88. The molecule has 0 aliphatic heterocycles. The number of nitrogens with one attached hydrogen (secondary N) is 1. The first-order valence-corrected chi connectivity index (χ1v) is 7.78. The van der Waals surface area contributed by atoms with Gasteiger partial charge in [-0.2, -0.15) is 0 Å². The van der Waals surface area contributed by atoms with Gasteiger partial charge in [-0.25, -0.2) is 4.98 Å². The molecule has 0 atom stereocenters. The molecule has 1 amide bonds. The smallest absolute Gasteiger partial charge is 0.257 e. The molecule has 0 radical (unpaired) electrons. The maximum absolute atomic E-state index is 12.2. The van der Waals surface area contributed by atoms with E-state index in [1.54, 1.807) is 30.5 Å². The summed E-state index contributed by atoms with van der Waals surface area (Å²) in [7, 11) is 0. The second kappa shape index (κ2) is 6.25. The number of hydrogen-bond donors (Lipinski definition) is 1. The van der Waals surface area contributed by atoms with E-state index in [1.165, 1.54) is 11.3 Å². The van der Waals surface area contributed by atoms with Crippen molar-refractivity contribution in [1.82, 2.24) is 9.97 Å². The van der Waals surface area contributed by atoms with Gasteiger partial charge in [0.15, 0.2) is 5.13 Å². The van der Waals surface area contributed by atoms with Crippen LogP contribution in [0.2, 0.25) is 5.02 Å². The Hall–Kier alpha value is -2.24. The quantitative estimate of drug-likeness (QED) is 0.774. The van der Waals surface area contributed by atoms with Crippen molar-refractivity contribution < 1.29 is 4.79 Å². The summed E-state index contributed by atoms with van der Waals surface area (Å²) in [4.78, 5) is 21.9. The van der Waals surface area contributed by atoms with Crippen molar-refractivity contribution in [3.8, 4) is 10.6 Å². The Bertz CT molecular complexity index is 817. The number of amides is 1. The number of aromatic nitrogens is 2. The lowest BCUT2D eigenvalue weighted by Gasteiger charge is -2.01. The zero-order valence-corrected chi connectivity index (χ0v) is 13.3. The highest BCUT2D eigenvalue weighted by atomic mass is 35.5. The van der Waals surface area contributed by atoms with Crippen molar-refractivity contribution in [2.45, 2.75) is 6.92 Å². The Morgan fingerprint density at radius 1 is 1.23 bits per heavy atom. The summed E-state index contributed by atoms with van der Waals surface area (Å²) in [5.74, 6) is -0.233. The van der Waals surface area contributed by atoms with E-state index in [0.29, 0.717) is 15.7 Å². The Morgan fingerprint density at radius 3 is 2.82 bits per heavy atom. The highest BCUT2D eigenvalue weighted by Crippen LogP contribution is 2.31. The van der Waals surface area contributed by atoms with Crippen LogP contribution < -0.4 is 5.32 Å². The van der Waals surface area contributed by atoms with Gasteiger partial charge in [0.1, 0.15) is 0 Å². The van der Waals surface area contributed by atoms with Crippen molar-refractivity contribution >= 4 is 34.0 Å². The lowest BCUT2D eigenvalue weighted by Crippen LogP contribution is -2.11. The summed E-state index contributed by atoms with van der Waals surface area (Å²) in [6, 6.07) is 12.5. The molecule has 110 valence electrons. The van der Waals surface area contributed by atoms with Crippen molar-refractivity contribution in [1.29, 1.82) is 0 Å². The van der Waals surface area contributed by atoms with E-state index in [1.807, 2.05) is 25.1 Å². The molecule has 0 unspecified atom stereocenters. The molecule has 3 rings (SSSR count). The summed E-state index contributed by atoms with van der Waals surface area (Å²) < 4.78 is 0. The molecule has 2 aromatic heterocycles. The average molecular weight is 330 g/mol. The van der Waals surface area contributed by atoms with Gasteiger partial charge in [0, 0.05) is 16.8 Å². The van der Waals surface area contributed by atoms with Crippen LogP contribution in [0.5, 0.6) is 0 Å². The van der Waals surface area contributed by atoms with Gasteiger partial charge in [0.05, 0.1) is 16.3 Å². The fourth-order valence-corrected chi connectivity index (χ4v) is 3.11. The van der Waals surface area contributed by atoms with Crippen molar-refractivity contribution in [3.63, 3.8) is 0 Å². The van der Waals surface area contributed by atoms with E-state index in [-0.39, 0.29) is 5.91 Å². The second-order valence-electron chi connectivity index (χ2n) is 4.61. The van der Waals surface area contributed by atoms with E-state index in [2.05, 4.69) is 15.3 Å². The number of pyridine rings is 1. The minimum absolute atomic E-state index is 0.233. The molecule has 22 heavy (non-hydrogen) atoms. The third-order valence-electron chi connectivity index (χ3n) is 3.00. The van der Waals surface area contributed by atoms with Crippen LogP contribution in [0.25, 0.3) is 10.6 Å². The molecule has 0 saturated carbocycles. The molecule has 3 aromatic rings. The normalized spacial score (nSPS) is 10.5. The van der Waals surface area contributed by atoms with Crippen LogP contribution in [-0.4, -0.2) is 15.9 Å². The van der Waals surface area contributed by atoms with E-state index in [9.17, 15) is 4.79 Å². The molecule has 1 N–H and O–H groups in total. The monoisotopic (exact) mass is 329 g/mol. The van der Waals surface area contributed by atoms with Crippen LogP contribution in [0.3, 0.4) is 0 Å². The first kappa shape index (κ1) is 14.7. The minimum atomic E-state index is -0.233. The van der Waals surface area contributed by atoms with Gasteiger partial charge in [-0.15, -0.1) is 0 Å². The molecular formula is C16H12ClN3OS. The summed E-state index contributed by atoms with van der Waals surface area (Å²) in [5.41, 5.74) is 2.19. The van der Waals surface area contributed by atoms with Crippen LogP contribution >= 0.6 is 22.9 Å². The molecule has 4 nitrogen and oxygen atoms in total. The highest BCUT2D eigenvalue weighted by molar-refractivity contribution is 7.19. The number of halogens is 1. The van der Waals surface area contributed by atoms with Gasteiger partial charge < -0.3 is 0 Å². The van der Waals surface area contributed by atoms with Crippen molar-refractivity contribution in [2.24, 2.45) is 0 Å². The van der Waals surface area contributed by atoms with E-state index >= 15 is 0 Å². The van der Waals surface area contributed by atoms with E-state index < -0.39 is 0 Å². The minimum Gasteiger partial charge on any atom is -0.298 e. The molecule has 2 heterocycles. The van der Waals surface area contributed by atoms with Gasteiger partial charge >= 0.3 is 0 Å². The number of hydrogen-bond acceptors (Lipinski definition) is 4. The molecule has 0 aliphatic rings. The van der Waals surface area contributed by atoms with Crippen molar-refractivity contribution in [2.75, 3.05) is 5.32 Å². The predicted molar refractivity (Wildman–Crippen MR) is 89.5 cm³/mol. The third kappa shape index (κ3) is 3.16. The van der Waals surface area contributed by atoms with Crippen LogP contribution in [0.15, 0.2) is 48.7 Å². The first-order chi connectivity index (χ1) is 10.6. The lowest BCUT2D eigenvalue weighted by molar-refractivity contribution is 0.102. The van der Waals surface area contributed by atoms with Gasteiger partial charge in [0.25, 0.3) is 5.91 Å². The fraction of sp³-hybridized carbons (Fsp3) is 0.0625. The SMILES string of the molecule is Cc1nc(NC(=O)c2cccc(Cl)c2)sc1-c1ccccn1. The molecule has 0 fully saturated rings. The van der Waals surface area contributed by atoms with Crippen LogP contribution in [0, 0.1) is 6.92 Å². The summed E-state index contributed by atoms with van der Waals surface area (Å²) in [6.07, 6.45) is 1.73. The molecule has 0 bridgehead atoms. The lowest BCUT2D eigenvalue weighted by atomic mass is 10.2. The van der Waals surface area contributed by atoms with Gasteiger partial charge in [-0.3, -0.25) is 15.1 Å². The van der Waals surface area contributed by atoms with Gasteiger partial charge in [-0.1, -0.05) is 35.1 Å². The fourth-order valence-electron chi connectivity index (χ4n) is 1.98. The number of aryl methyl sites for hydroxylation is 1. The molecule has 0 spiro atoms. The Morgan fingerprint density at radius 2 is 2.09 bits per heavy atom. The third-order valence-corrected chi connectivity index (χ3v) is 4.33. The standard InChI is InChI=1S/C16H12ClN3OS/c1-10-14(13-7-2-3-8-18-13)22-16(19-10)20-15(21)11-5-4-6-12(17)9-11/h2-9H,1H3,(H,19,20,21). The van der Waals surface area contributed by atoms with Gasteiger partial charge in [-0.05, 0) is 37.3 Å². The maximum atomic E-state index is 12.2. The second-order valence-corrected chi connectivity index (χ2v) is 6.05. The van der Waals surface area contributed by atoms with Crippen LogP contribution in [-0.2, 0) is 0 Å². The predicted octanol–water partition coefficient (Wildman–Crippen LogP) is 4.42. The number of benzene rings is 1. The number of nitrogens with zero attached hydrogens (tertiary/aromatic N) is 2. The summed E-state index contributed by atoms with van der Waals surface area (Å²) >= 11 is 7.30. The zero-order valence-electron chi connectivity index (χ0n) is 11.7. The topological polar surface area (TPSA) is 54.9 Å². The number of anilines is 1. The maximum Gasteiger partial charge on any atom is 0.257 e. The highest BCUT2D eigenvalue weighted by Gasteiger charge is 2.13. The largest absolute Gasteiger partial charge is 0.298 e. The molecular weight excluding hydrogens is 318 g/mol. The van der Waals surface area contributed by atoms with E-state index in [0.717, 1.165) is 16.3 Å². The summed E-state index contributed by atoms with van der Waals surface area (Å²) in [5, 5.41) is 3.87. The van der Waals surface area contributed by atoms with E-state index in [4.69, 9.17) is 11.6 Å². The number of carbonyl (C=O) groups excluding carboxylic acids is 1. The number of rotatable bonds is 3. The van der Waals surface area contributed by atoms with Crippen LogP contribution in [0.1, 0.15) is 16.1 Å². The zero-order chi connectivity index (χ0) is 15.5. The Kier molecular flexibility index (Phi) is 4.18. The van der Waals surface area contributed by atoms with Crippen LogP contribution in [0.4, 0.5) is 5.13 Å². The number of carbonyl (C=O) groups is 1. The Balaban J connectivity index is 1.84. The molecule has 1 aromatic carbocycles. The molecule has 6 heteroatoms. The Labute approximate surface area is 136 Å². The molecule has 0 saturated heterocycles. The number of thiazole rings is 1. The van der Waals surface area contributed by atoms with Crippen molar-refractivity contribution in [3.05, 3.63) is 64.9 Å². The molecule has 0 aliphatic carbocycles.